The van der Waals surface area contributed by atoms with Gasteiger partial charge in [0.1, 0.15) is 5.88 Å². The second kappa shape index (κ2) is 5.73. The van der Waals surface area contributed by atoms with Crippen LogP contribution in [-0.4, -0.2) is 23.2 Å². The number of nitrogens with zero attached hydrogens (tertiary/aromatic N) is 1. The van der Waals surface area contributed by atoms with Gasteiger partial charge in [-0.05, 0) is 35.0 Å². The molecule has 0 N–H and O–H groups in total. The molecule has 0 unspecified atom stereocenters. The summed E-state index contributed by atoms with van der Waals surface area (Å²) in [6, 6.07) is 4.00. The molecule has 0 fully saturated rings. The highest BCUT2D eigenvalue weighted by molar-refractivity contribution is 9.11. The standard InChI is InChI=1S/C9H11BrClNOS/c1-2-12(9(13)5-11)6-7-3-4-8(10)14-7/h3-4H,2,5-6H2,1H3. The van der Waals surface area contributed by atoms with Gasteiger partial charge in [0.25, 0.3) is 0 Å². The van der Waals surface area contributed by atoms with Crippen molar-refractivity contribution in [3.05, 3.63) is 20.8 Å². The largest absolute Gasteiger partial charge is 0.337 e. The second-order valence-electron chi connectivity index (χ2n) is 2.75. The number of rotatable bonds is 4. The first kappa shape index (κ1) is 12.0. The Morgan fingerprint density at radius 1 is 1.64 bits per heavy atom. The van der Waals surface area contributed by atoms with E-state index in [0.717, 1.165) is 8.66 Å². The van der Waals surface area contributed by atoms with Crippen LogP contribution >= 0.6 is 38.9 Å². The number of hydrogen-bond donors (Lipinski definition) is 0. The van der Waals surface area contributed by atoms with Gasteiger partial charge in [-0.15, -0.1) is 22.9 Å². The Balaban J connectivity index is 2.61. The van der Waals surface area contributed by atoms with E-state index in [4.69, 9.17) is 11.6 Å². The summed E-state index contributed by atoms with van der Waals surface area (Å²) in [7, 11) is 0. The minimum atomic E-state index is -0.0151. The van der Waals surface area contributed by atoms with Crippen LogP contribution in [0.5, 0.6) is 0 Å². The zero-order valence-electron chi connectivity index (χ0n) is 7.80. The van der Waals surface area contributed by atoms with Crippen LogP contribution in [0.15, 0.2) is 15.9 Å². The van der Waals surface area contributed by atoms with Gasteiger partial charge in [-0.1, -0.05) is 0 Å². The van der Waals surface area contributed by atoms with Crippen LogP contribution < -0.4 is 0 Å². The summed E-state index contributed by atoms with van der Waals surface area (Å²) in [6.45, 7) is 3.30. The maximum Gasteiger partial charge on any atom is 0.237 e. The Morgan fingerprint density at radius 2 is 2.36 bits per heavy atom. The monoisotopic (exact) mass is 295 g/mol. The topological polar surface area (TPSA) is 20.3 Å². The van der Waals surface area contributed by atoms with Gasteiger partial charge in [0.15, 0.2) is 0 Å². The van der Waals surface area contributed by atoms with E-state index in [1.807, 2.05) is 19.1 Å². The fourth-order valence-electron chi connectivity index (χ4n) is 1.09. The van der Waals surface area contributed by atoms with Crippen molar-refractivity contribution < 1.29 is 4.79 Å². The van der Waals surface area contributed by atoms with E-state index >= 15 is 0 Å². The van der Waals surface area contributed by atoms with Crippen molar-refractivity contribution in [2.75, 3.05) is 12.4 Å². The minimum Gasteiger partial charge on any atom is -0.337 e. The fraction of sp³-hybridized carbons (Fsp3) is 0.444. The molecule has 0 radical (unpaired) electrons. The summed E-state index contributed by atoms with van der Waals surface area (Å²) in [4.78, 5) is 14.2. The first-order chi connectivity index (χ1) is 6.67. The lowest BCUT2D eigenvalue weighted by molar-refractivity contribution is -0.128. The molecule has 0 saturated heterocycles. The molecule has 0 aliphatic heterocycles. The lowest BCUT2D eigenvalue weighted by atomic mass is 10.4. The Hall–Kier alpha value is -0.0600. The van der Waals surface area contributed by atoms with Gasteiger partial charge in [0, 0.05) is 11.4 Å². The highest BCUT2D eigenvalue weighted by Crippen LogP contribution is 2.23. The van der Waals surface area contributed by atoms with Crippen molar-refractivity contribution in [2.45, 2.75) is 13.5 Å². The van der Waals surface area contributed by atoms with Crippen LogP contribution in [-0.2, 0) is 11.3 Å². The van der Waals surface area contributed by atoms with Gasteiger partial charge in [0.05, 0.1) is 10.3 Å². The fourth-order valence-corrected chi connectivity index (χ4v) is 2.75. The predicted molar refractivity (Wildman–Crippen MR) is 63.8 cm³/mol. The third kappa shape index (κ3) is 3.26. The number of carbonyl (C=O) groups is 1. The van der Waals surface area contributed by atoms with Crippen LogP contribution in [0.4, 0.5) is 0 Å². The molecule has 14 heavy (non-hydrogen) atoms. The normalized spacial score (nSPS) is 10.2. The molecule has 0 saturated carbocycles. The number of thiophene rings is 1. The van der Waals surface area contributed by atoms with Crippen molar-refractivity contribution in [3.8, 4) is 0 Å². The Kier molecular flexibility index (Phi) is 4.92. The number of amides is 1. The summed E-state index contributed by atoms with van der Waals surface area (Å²) >= 11 is 10.5. The van der Waals surface area contributed by atoms with E-state index in [9.17, 15) is 4.79 Å². The van der Waals surface area contributed by atoms with Crippen LogP contribution in [0.25, 0.3) is 0 Å². The smallest absolute Gasteiger partial charge is 0.237 e. The summed E-state index contributed by atoms with van der Waals surface area (Å²) < 4.78 is 1.09. The zero-order chi connectivity index (χ0) is 10.6. The quantitative estimate of drug-likeness (QED) is 0.782. The molecule has 0 aliphatic rings. The molecule has 5 heteroatoms. The molecule has 0 aromatic carbocycles. The van der Waals surface area contributed by atoms with Crippen molar-refractivity contribution in [3.63, 3.8) is 0 Å². The molecule has 2 nitrogen and oxygen atoms in total. The van der Waals surface area contributed by atoms with E-state index < -0.39 is 0 Å². The molecule has 1 heterocycles. The van der Waals surface area contributed by atoms with Crippen LogP contribution in [0, 0.1) is 0 Å². The number of alkyl halides is 1. The van der Waals surface area contributed by atoms with Crippen molar-refractivity contribution in [1.82, 2.24) is 4.90 Å². The first-order valence-electron chi connectivity index (χ1n) is 4.25. The Labute approximate surface area is 101 Å². The second-order valence-corrected chi connectivity index (χ2v) is 5.56. The van der Waals surface area contributed by atoms with Gasteiger partial charge in [-0.25, -0.2) is 0 Å². The lowest BCUT2D eigenvalue weighted by Gasteiger charge is -2.18. The van der Waals surface area contributed by atoms with Crippen LogP contribution in [0.3, 0.4) is 0 Å². The molecule has 78 valence electrons. The summed E-state index contributed by atoms with van der Waals surface area (Å²) in [5.41, 5.74) is 0. The van der Waals surface area contributed by atoms with E-state index in [2.05, 4.69) is 15.9 Å². The van der Waals surface area contributed by atoms with Crippen molar-refractivity contribution in [2.24, 2.45) is 0 Å². The van der Waals surface area contributed by atoms with E-state index in [1.54, 1.807) is 16.2 Å². The lowest BCUT2D eigenvalue weighted by Crippen LogP contribution is -2.30. The van der Waals surface area contributed by atoms with E-state index in [0.29, 0.717) is 13.1 Å². The molecule has 1 aromatic rings. The molecule has 0 aliphatic carbocycles. The molecule has 0 spiro atoms. The molecule has 0 bridgehead atoms. The van der Waals surface area contributed by atoms with Crippen molar-refractivity contribution >= 4 is 44.8 Å². The molecule has 0 atom stereocenters. The summed E-state index contributed by atoms with van der Waals surface area (Å²) in [5.74, 6) is 0.0408. The minimum absolute atomic E-state index is 0.0151. The zero-order valence-corrected chi connectivity index (χ0v) is 11.0. The van der Waals surface area contributed by atoms with Gasteiger partial charge >= 0.3 is 0 Å². The maximum atomic E-state index is 11.3. The highest BCUT2D eigenvalue weighted by Gasteiger charge is 2.11. The Morgan fingerprint density at radius 3 is 2.79 bits per heavy atom. The molecule has 1 aromatic heterocycles. The van der Waals surface area contributed by atoms with E-state index in [1.165, 1.54) is 0 Å². The van der Waals surface area contributed by atoms with Crippen LogP contribution in [0.1, 0.15) is 11.8 Å². The van der Waals surface area contributed by atoms with Crippen LogP contribution in [0.2, 0.25) is 0 Å². The average Bonchev–Trinajstić information content (AvgIpc) is 2.59. The first-order valence-corrected chi connectivity index (χ1v) is 6.39. The van der Waals surface area contributed by atoms with Crippen molar-refractivity contribution in [1.29, 1.82) is 0 Å². The molecular weight excluding hydrogens is 286 g/mol. The third-order valence-electron chi connectivity index (χ3n) is 1.82. The molecule has 1 rings (SSSR count). The maximum absolute atomic E-state index is 11.3. The van der Waals surface area contributed by atoms with E-state index in [-0.39, 0.29) is 11.8 Å². The number of carbonyl (C=O) groups excluding carboxylic acids is 1. The molecule has 1 amide bonds. The third-order valence-corrected chi connectivity index (χ3v) is 3.66. The Bertz CT molecular complexity index is 316. The van der Waals surface area contributed by atoms with Gasteiger partial charge in [0.2, 0.25) is 5.91 Å². The van der Waals surface area contributed by atoms with Gasteiger partial charge < -0.3 is 4.90 Å². The number of hydrogen-bond acceptors (Lipinski definition) is 2. The molecular formula is C9H11BrClNOS. The SMILES string of the molecule is CCN(Cc1ccc(Br)s1)C(=O)CCl. The number of halogens is 2. The summed E-state index contributed by atoms with van der Waals surface area (Å²) in [5, 5.41) is 0. The van der Waals surface area contributed by atoms with Gasteiger partial charge in [-0.2, -0.15) is 0 Å². The predicted octanol–water partition coefficient (Wildman–Crippen LogP) is 3.10. The van der Waals surface area contributed by atoms with Gasteiger partial charge in [-0.3, -0.25) is 4.79 Å². The average molecular weight is 297 g/mol. The highest BCUT2D eigenvalue weighted by atomic mass is 79.9. The summed E-state index contributed by atoms with van der Waals surface area (Å²) in [6.07, 6.45) is 0.